The Morgan fingerprint density at radius 3 is 2.21 bits per heavy atom. The highest BCUT2D eigenvalue weighted by Crippen LogP contribution is 2.35. The second-order valence-corrected chi connectivity index (χ2v) is 8.24. The lowest BCUT2D eigenvalue weighted by Crippen LogP contribution is -2.17. The highest BCUT2D eigenvalue weighted by molar-refractivity contribution is 5.72. The standard InChI is InChI=1S/C23H32F4O2/c1-2-3-4-5-6-7-17-8-10-18(11-9-17)12-15-22(28)29-19-13-14-20(21(24)16-19)23(25,26)27/h13-14,16-18H,2-12,15H2,1H3/t17-,18-. The fraction of sp³-hybridized carbons (Fsp3) is 0.696. The second-order valence-electron chi connectivity index (χ2n) is 8.24. The van der Waals surface area contributed by atoms with Gasteiger partial charge in [0.25, 0.3) is 0 Å². The second kappa shape index (κ2) is 11.6. The Morgan fingerprint density at radius 2 is 1.62 bits per heavy atom. The lowest BCUT2D eigenvalue weighted by atomic mass is 9.78. The van der Waals surface area contributed by atoms with E-state index in [4.69, 9.17) is 4.74 Å². The molecule has 0 bridgehead atoms. The van der Waals surface area contributed by atoms with E-state index in [1.807, 2.05) is 0 Å². The molecular weight excluding hydrogens is 384 g/mol. The van der Waals surface area contributed by atoms with E-state index in [-0.39, 0.29) is 12.2 Å². The maximum atomic E-state index is 13.5. The third-order valence-corrected chi connectivity index (χ3v) is 5.92. The zero-order chi connectivity index (χ0) is 21.3. The van der Waals surface area contributed by atoms with Crippen molar-refractivity contribution in [3.05, 3.63) is 29.6 Å². The first-order chi connectivity index (χ1) is 13.8. The fourth-order valence-electron chi connectivity index (χ4n) is 4.14. The molecule has 0 spiro atoms. The van der Waals surface area contributed by atoms with Crippen LogP contribution >= 0.6 is 0 Å². The highest BCUT2D eigenvalue weighted by Gasteiger charge is 2.34. The molecule has 0 aromatic heterocycles. The molecule has 0 atom stereocenters. The Labute approximate surface area is 171 Å². The van der Waals surface area contributed by atoms with E-state index in [9.17, 15) is 22.4 Å². The van der Waals surface area contributed by atoms with Crippen molar-refractivity contribution in [2.45, 2.75) is 90.1 Å². The van der Waals surface area contributed by atoms with Crippen LogP contribution in [0.2, 0.25) is 0 Å². The quantitative estimate of drug-likeness (QED) is 0.169. The number of halogens is 4. The van der Waals surface area contributed by atoms with E-state index < -0.39 is 23.5 Å². The first-order valence-corrected chi connectivity index (χ1v) is 10.9. The van der Waals surface area contributed by atoms with Crippen molar-refractivity contribution in [2.24, 2.45) is 11.8 Å². The van der Waals surface area contributed by atoms with Crippen LogP contribution in [0.15, 0.2) is 18.2 Å². The fourth-order valence-corrected chi connectivity index (χ4v) is 4.14. The molecule has 0 amide bonds. The molecule has 6 heteroatoms. The number of benzene rings is 1. The van der Waals surface area contributed by atoms with Crippen molar-refractivity contribution in [3.63, 3.8) is 0 Å². The van der Waals surface area contributed by atoms with E-state index in [1.54, 1.807) is 0 Å². The number of esters is 1. The van der Waals surface area contributed by atoms with Gasteiger partial charge in [-0.25, -0.2) is 4.39 Å². The number of carbonyl (C=O) groups is 1. The molecule has 1 aliphatic rings. The van der Waals surface area contributed by atoms with E-state index in [0.717, 1.165) is 24.8 Å². The van der Waals surface area contributed by atoms with Crippen LogP contribution < -0.4 is 4.74 Å². The predicted molar refractivity (Wildman–Crippen MR) is 105 cm³/mol. The summed E-state index contributed by atoms with van der Waals surface area (Å²) in [5.41, 5.74) is -1.36. The summed E-state index contributed by atoms with van der Waals surface area (Å²) >= 11 is 0. The molecule has 0 saturated heterocycles. The van der Waals surface area contributed by atoms with Crippen LogP contribution in [0.25, 0.3) is 0 Å². The summed E-state index contributed by atoms with van der Waals surface area (Å²) < 4.78 is 56.3. The number of ether oxygens (including phenoxy) is 1. The van der Waals surface area contributed by atoms with Crippen LogP contribution in [-0.2, 0) is 11.0 Å². The predicted octanol–water partition coefficient (Wildman–Crippen LogP) is 7.70. The minimum atomic E-state index is -4.76. The summed E-state index contributed by atoms with van der Waals surface area (Å²) in [7, 11) is 0. The number of rotatable bonds is 10. The van der Waals surface area contributed by atoms with Crippen molar-refractivity contribution in [3.8, 4) is 5.75 Å². The molecule has 2 nitrogen and oxygen atoms in total. The topological polar surface area (TPSA) is 26.3 Å². The van der Waals surface area contributed by atoms with Gasteiger partial charge < -0.3 is 4.74 Å². The molecule has 164 valence electrons. The van der Waals surface area contributed by atoms with Gasteiger partial charge in [0, 0.05) is 12.5 Å². The van der Waals surface area contributed by atoms with Gasteiger partial charge in [0.15, 0.2) is 0 Å². The summed E-state index contributed by atoms with van der Waals surface area (Å²) in [4.78, 5) is 12.0. The molecular formula is C23H32F4O2. The molecule has 0 radical (unpaired) electrons. The van der Waals surface area contributed by atoms with Gasteiger partial charge in [0.1, 0.15) is 11.6 Å². The normalized spacial score (nSPS) is 19.9. The monoisotopic (exact) mass is 416 g/mol. The van der Waals surface area contributed by atoms with Gasteiger partial charge in [-0.2, -0.15) is 13.2 Å². The molecule has 1 aliphatic carbocycles. The van der Waals surface area contributed by atoms with Crippen molar-refractivity contribution in [1.29, 1.82) is 0 Å². The molecule has 1 aromatic carbocycles. The summed E-state index contributed by atoms with van der Waals surface area (Å²) in [6.45, 7) is 2.22. The van der Waals surface area contributed by atoms with Gasteiger partial charge in [0.05, 0.1) is 5.56 Å². The van der Waals surface area contributed by atoms with Gasteiger partial charge in [0.2, 0.25) is 0 Å². The summed E-state index contributed by atoms with van der Waals surface area (Å²) in [6.07, 6.45) is 8.65. The van der Waals surface area contributed by atoms with E-state index in [1.165, 1.54) is 51.4 Å². The SMILES string of the molecule is CCCCCCC[C@H]1CC[C@H](CCC(=O)Oc2ccc(C(F)(F)F)c(F)c2)CC1. The van der Waals surface area contributed by atoms with Crippen LogP contribution in [0.3, 0.4) is 0 Å². The minimum Gasteiger partial charge on any atom is -0.426 e. The van der Waals surface area contributed by atoms with Gasteiger partial charge in [-0.05, 0) is 30.4 Å². The van der Waals surface area contributed by atoms with Gasteiger partial charge in [-0.3, -0.25) is 4.79 Å². The van der Waals surface area contributed by atoms with E-state index >= 15 is 0 Å². The molecule has 1 aromatic rings. The van der Waals surface area contributed by atoms with Crippen LogP contribution in [0.5, 0.6) is 5.75 Å². The number of hydrogen-bond acceptors (Lipinski definition) is 2. The average Bonchev–Trinajstić information content (AvgIpc) is 2.66. The lowest BCUT2D eigenvalue weighted by Gasteiger charge is -2.28. The average molecular weight is 416 g/mol. The third kappa shape index (κ3) is 8.35. The number of carbonyl (C=O) groups excluding carboxylic acids is 1. The number of unbranched alkanes of at least 4 members (excludes halogenated alkanes) is 4. The summed E-state index contributed by atoms with van der Waals surface area (Å²) in [5.74, 6) is -0.858. The Morgan fingerprint density at radius 1 is 1.00 bits per heavy atom. The zero-order valence-electron chi connectivity index (χ0n) is 17.2. The minimum absolute atomic E-state index is 0.188. The largest absolute Gasteiger partial charge is 0.426 e. The maximum Gasteiger partial charge on any atom is 0.419 e. The molecule has 0 N–H and O–H groups in total. The molecule has 0 heterocycles. The van der Waals surface area contributed by atoms with Crippen LogP contribution in [0, 0.1) is 17.7 Å². The zero-order valence-corrected chi connectivity index (χ0v) is 17.2. The first kappa shape index (κ1) is 23.7. The van der Waals surface area contributed by atoms with Crippen LogP contribution in [0.4, 0.5) is 17.6 Å². The van der Waals surface area contributed by atoms with Crippen LogP contribution in [-0.4, -0.2) is 5.97 Å². The molecule has 2 rings (SSSR count). The molecule has 0 unspecified atom stereocenters. The van der Waals surface area contributed by atoms with E-state index in [0.29, 0.717) is 24.5 Å². The van der Waals surface area contributed by atoms with Gasteiger partial charge in [-0.15, -0.1) is 0 Å². The molecule has 29 heavy (non-hydrogen) atoms. The number of alkyl halides is 3. The van der Waals surface area contributed by atoms with Crippen molar-refractivity contribution in [2.75, 3.05) is 0 Å². The summed E-state index contributed by atoms with van der Waals surface area (Å²) in [5, 5.41) is 0. The molecule has 1 fully saturated rings. The van der Waals surface area contributed by atoms with Gasteiger partial charge >= 0.3 is 12.1 Å². The highest BCUT2D eigenvalue weighted by atomic mass is 19.4. The Balaban J connectivity index is 1.66. The smallest absolute Gasteiger partial charge is 0.419 e. The summed E-state index contributed by atoms with van der Waals surface area (Å²) in [6, 6.07) is 2.20. The Bertz CT molecular complexity index is 634. The van der Waals surface area contributed by atoms with Crippen LogP contribution in [0.1, 0.15) is 89.5 Å². The molecule has 1 saturated carbocycles. The Kier molecular flexibility index (Phi) is 9.44. The molecule has 0 aliphatic heterocycles. The van der Waals surface area contributed by atoms with Gasteiger partial charge in [-0.1, -0.05) is 71.1 Å². The maximum absolute atomic E-state index is 13.5. The van der Waals surface area contributed by atoms with Crippen molar-refractivity contribution >= 4 is 5.97 Å². The first-order valence-electron chi connectivity index (χ1n) is 10.9. The van der Waals surface area contributed by atoms with E-state index in [2.05, 4.69) is 6.92 Å². The Hall–Kier alpha value is -1.59. The lowest BCUT2D eigenvalue weighted by molar-refractivity contribution is -0.140. The van der Waals surface area contributed by atoms with Crippen molar-refractivity contribution < 1.29 is 27.1 Å². The van der Waals surface area contributed by atoms with Crippen molar-refractivity contribution in [1.82, 2.24) is 0 Å². The third-order valence-electron chi connectivity index (χ3n) is 5.92. The number of hydrogen-bond donors (Lipinski definition) is 0.